The second-order valence-corrected chi connectivity index (χ2v) is 10.5. The summed E-state index contributed by atoms with van der Waals surface area (Å²) in [5.74, 6) is 0.735. The van der Waals surface area contributed by atoms with Crippen molar-refractivity contribution in [1.82, 2.24) is 0 Å². The maximum Gasteiger partial charge on any atom is 0.227 e. The monoisotopic (exact) mass is 501 g/mol. The minimum absolute atomic E-state index is 0.00978. The molecule has 0 saturated heterocycles. The lowest BCUT2D eigenvalue weighted by Gasteiger charge is -2.26. The molecule has 0 spiro atoms. The fourth-order valence-corrected chi connectivity index (χ4v) is 4.94. The van der Waals surface area contributed by atoms with Crippen molar-refractivity contribution in [3.05, 3.63) is 18.2 Å². The number of nitrogens with one attached hydrogen (secondary N) is 3. The lowest BCUT2D eigenvalue weighted by Crippen LogP contribution is -2.26. The van der Waals surface area contributed by atoms with Gasteiger partial charge in [0.2, 0.25) is 11.8 Å². The van der Waals surface area contributed by atoms with Gasteiger partial charge in [0.15, 0.2) is 0 Å². The van der Waals surface area contributed by atoms with Crippen LogP contribution in [0.1, 0.15) is 126 Å². The SMILES string of the molecule is CCCCC(CC)C(=O)Nc1cc(NC(=O)C(CC)CCCC)cc(NC(C)C(CC)CCCC)c1. The lowest BCUT2D eigenvalue weighted by atomic mass is 9.92. The van der Waals surface area contributed by atoms with Crippen LogP contribution in [0.3, 0.4) is 0 Å². The molecule has 0 saturated carbocycles. The van der Waals surface area contributed by atoms with Gasteiger partial charge in [-0.05, 0) is 63.1 Å². The van der Waals surface area contributed by atoms with Crippen LogP contribution in [-0.2, 0) is 9.59 Å². The highest BCUT2D eigenvalue weighted by atomic mass is 16.2. The zero-order chi connectivity index (χ0) is 26.9. The summed E-state index contributed by atoms with van der Waals surface area (Å²) in [6.45, 7) is 15.2. The number of carbonyl (C=O) groups is 2. The van der Waals surface area contributed by atoms with Crippen LogP contribution in [0, 0.1) is 17.8 Å². The Balaban J connectivity index is 3.17. The first-order valence-electron chi connectivity index (χ1n) is 14.9. The molecule has 0 aliphatic rings. The molecule has 36 heavy (non-hydrogen) atoms. The molecule has 2 amide bonds. The van der Waals surface area contributed by atoms with Crippen LogP contribution in [0.5, 0.6) is 0 Å². The Hall–Kier alpha value is -2.04. The molecule has 0 heterocycles. The van der Waals surface area contributed by atoms with Gasteiger partial charge in [-0.3, -0.25) is 9.59 Å². The number of benzene rings is 1. The molecule has 5 heteroatoms. The van der Waals surface area contributed by atoms with E-state index in [-0.39, 0.29) is 23.7 Å². The van der Waals surface area contributed by atoms with Crippen molar-refractivity contribution >= 4 is 28.9 Å². The van der Waals surface area contributed by atoms with E-state index >= 15 is 0 Å². The second-order valence-electron chi connectivity index (χ2n) is 10.5. The molecule has 0 radical (unpaired) electrons. The van der Waals surface area contributed by atoms with Crippen LogP contribution in [0.2, 0.25) is 0 Å². The molecule has 4 unspecified atom stereocenters. The Kier molecular flexibility index (Phi) is 16.2. The summed E-state index contributed by atoms with van der Waals surface area (Å²) < 4.78 is 0. The average molecular weight is 502 g/mol. The van der Waals surface area contributed by atoms with Gasteiger partial charge in [0.05, 0.1) is 0 Å². The highest BCUT2D eigenvalue weighted by Crippen LogP contribution is 2.28. The van der Waals surface area contributed by atoms with E-state index in [9.17, 15) is 9.59 Å². The number of hydrogen-bond acceptors (Lipinski definition) is 3. The van der Waals surface area contributed by atoms with Gasteiger partial charge in [-0.1, -0.05) is 86.5 Å². The Morgan fingerprint density at radius 2 is 1.06 bits per heavy atom. The largest absolute Gasteiger partial charge is 0.382 e. The summed E-state index contributed by atoms with van der Waals surface area (Å²) in [7, 11) is 0. The standard InChI is InChI=1S/C31H55N3O2/c1-8-14-17-24(11-4)23(7)32-27-20-28(33-30(35)25(12-5)18-15-9-2)22-29(21-27)34-31(36)26(13-6)19-16-10-3/h20-26,32H,8-19H2,1-7H3,(H,33,35)(H,34,36). The van der Waals surface area contributed by atoms with Gasteiger partial charge in [0, 0.05) is 34.9 Å². The quantitative estimate of drug-likeness (QED) is 0.177. The Morgan fingerprint density at radius 3 is 1.44 bits per heavy atom. The summed E-state index contributed by atoms with van der Waals surface area (Å²) in [6, 6.07) is 6.23. The van der Waals surface area contributed by atoms with E-state index in [1.807, 2.05) is 18.2 Å². The normalized spacial score (nSPS) is 14.5. The van der Waals surface area contributed by atoms with Crippen molar-refractivity contribution in [3.63, 3.8) is 0 Å². The Morgan fingerprint density at radius 1 is 0.639 bits per heavy atom. The third-order valence-electron chi connectivity index (χ3n) is 7.56. The molecule has 1 aromatic rings. The van der Waals surface area contributed by atoms with Crippen LogP contribution in [0.4, 0.5) is 17.1 Å². The number of carbonyl (C=O) groups excluding carboxylic acids is 2. The summed E-state index contributed by atoms with van der Waals surface area (Å²) in [5.41, 5.74) is 2.42. The minimum Gasteiger partial charge on any atom is -0.382 e. The van der Waals surface area contributed by atoms with Crippen LogP contribution in [0.15, 0.2) is 18.2 Å². The van der Waals surface area contributed by atoms with E-state index in [2.05, 4.69) is 64.4 Å². The van der Waals surface area contributed by atoms with Gasteiger partial charge in [0.25, 0.3) is 0 Å². The molecule has 0 aliphatic carbocycles. The van der Waals surface area contributed by atoms with Crippen molar-refractivity contribution in [2.75, 3.05) is 16.0 Å². The molecular weight excluding hydrogens is 446 g/mol. The van der Waals surface area contributed by atoms with Gasteiger partial charge in [-0.2, -0.15) is 0 Å². The van der Waals surface area contributed by atoms with Crippen LogP contribution < -0.4 is 16.0 Å². The Bertz CT molecular complexity index is 716. The topological polar surface area (TPSA) is 70.2 Å². The average Bonchev–Trinajstić information content (AvgIpc) is 2.85. The molecular formula is C31H55N3O2. The molecule has 206 valence electrons. The number of amides is 2. The van der Waals surface area contributed by atoms with Crippen molar-refractivity contribution in [3.8, 4) is 0 Å². The zero-order valence-corrected chi connectivity index (χ0v) is 24.3. The third-order valence-corrected chi connectivity index (χ3v) is 7.56. The highest BCUT2D eigenvalue weighted by Gasteiger charge is 2.20. The number of anilines is 3. The second kappa shape index (κ2) is 18.2. The molecule has 1 aromatic carbocycles. The number of unbranched alkanes of at least 4 members (excludes halogenated alkanes) is 3. The van der Waals surface area contributed by atoms with Gasteiger partial charge < -0.3 is 16.0 Å². The summed E-state index contributed by atoms with van der Waals surface area (Å²) >= 11 is 0. The van der Waals surface area contributed by atoms with E-state index < -0.39 is 0 Å². The number of rotatable bonds is 19. The van der Waals surface area contributed by atoms with Gasteiger partial charge in [0.1, 0.15) is 0 Å². The fraction of sp³-hybridized carbons (Fsp3) is 0.742. The van der Waals surface area contributed by atoms with Gasteiger partial charge in [-0.15, -0.1) is 0 Å². The maximum absolute atomic E-state index is 13.0. The molecule has 0 bridgehead atoms. The van der Waals surface area contributed by atoms with Crippen molar-refractivity contribution in [2.45, 2.75) is 132 Å². The van der Waals surface area contributed by atoms with E-state index in [1.165, 1.54) is 19.3 Å². The molecule has 1 rings (SSSR count). The predicted molar refractivity (Wildman–Crippen MR) is 157 cm³/mol. The van der Waals surface area contributed by atoms with Gasteiger partial charge >= 0.3 is 0 Å². The summed E-state index contributed by atoms with van der Waals surface area (Å²) in [6.07, 6.45) is 12.5. The first-order chi connectivity index (χ1) is 17.3. The van der Waals surface area contributed by atoms with E-state index in [0.717, 1.165) is 74.8 Å². The summed E-state index contributed by atoms with van der Waals surface area (Å²) in [5, 5.41) is 9.99. The molecule has 4 atom stereocenters. The minimum atomic E-state index is 0.00978. The molecule has 0 aliphatic heterocycles. The van der Waals surface area contributed by atoms with Crippen molar-refractivity contribution in [2.24, 2.45) is 17.8 Å². The Labute approximate surface area is 222 Å². The van der Waals surface area contributed by atoms with Crippen LogP contribution in [0.25, 0.3) is 0 Å². The number of hydrogen-bond donors (Lipinski definition) is 3. The van der Waals surface area contributed by atoms with E-state index in [1.54, 1.807) is 0 Å². The first kappa shape index (κ1) is 32.0. The molecule has 5 nitrogen and oxygen atoms in total. The maximum atomic E-state index is 13.0. The molecule has 0 fully saturated rings. The highest BCUT2D eigenvalue weighted by molar-refractivity contribution is 5.96. The fourth-order valence-electron chi connectivity index (χ4n) is 4.94. The van der Waals surface area contributed by atoms with E-state index in [0.29, 0.717) is 12.0 Å². The smallest absolute Gasteiger partial charge is 0.227 e. The van der Waals surface area contributed by atoms with Crippen molar-refractivity contribution in [1.29, 1.82) is 0 Å². The van der Waals surface area contributed by atoms with Crippen molar-refractivity contribution < 1.29 is 9.59 Å². The van der Waals surface area contributed by atoms with Crippen LogP contribution >= 0.6 is 0 Å². The van der Waals surface area contributed by atoms with E-state index in [4.69, 9.17) is 0 Å². The first-order valence-corrected chi connectivity index (χ1v) is 14.9. The van der Waals surface area contributed by atoms with Crippen LogP contribution in [-0.4, -0.2) is 17.9 Å². The predicted octanol–water partition coefficient (Wildman–Crippen LogP) is 9.01. The summed E-state index contributed by atoms with van der Waals surface area (Å²) in [4.78, 5) is 26.1. The molecule has 3 N–H and O–H groups in total. The lowest BCUT2D eigenvalue weighted by molar-refractivity contribution is -0.120. The third kappa shape index (κ3) is 11.3. The zero-order valence-electron chi connectivity index (χ0n) is 24.3. The molecule has 0 aromatic heterocycles. The van der Waals surface area contributed by atoms with Gasteiger partial charge in [-0.25, -0.2) is 0 Å².